The van der Waals surface area contributed by atoms with Crippen LogP contribution in [0.15, 0.2) is 59.4 Å². The van der Waals surface area contributed by atoms with E-state index in [4.69, 9.17) is 4.98 Å². The van der Waals surface area contributed by atoms with Crippen molar-refractivity contribution in [2.24, 2.45) is 5.92 Å². The molecule has 2 heterocycles. The summed E-state index contributed by atoms with van der Waals surface area (Å²) in [6.45, 7) is 9.23. The van der Waals surface area contributed by atoms with Crippen LogP contribution in [0.5, 0.6) is 0 Å². The molecule has 30 heavy (non-hydrogen) atoms. The molecular formula is C25H28N3OS+. The van der Waals surface area contributed by atoms with Crippen molar-refractivity contribution >= 4 is 21.6 Å². The lowest BCUT2D eigenvalue weighted by molar-refractivity contribution is -0.718. The normalized spacial score (nSPS) is 12.6. The average Bonchev–Trinajstić information content (AvgIpc) is 3.06. The lowest BCUT2D eigenvalue weighted by Crippen LogP contribution is -2.85. The fraction of sp³-hybridized carbons (Fsp3) is 0.280. The van der Waals surface area contributed by atoms with E-state index in [2.05, 4.69) is 86.5 Å². The number of aromatic amines is 1. The quantitative estimate of drug-likeness (QED) is 0.475. The monoisotopic (exact) mass is 418 g/mol. The second-order valence-corrected chi connectivity index (χ2v) is 9.42. The second kappa shape index (κ2) is 8.54. The lowest BCUT2D eigenvalue weighted by atomic mass is 9.96. The molecule has 0 saturated carbocycles. The SMILES string of the molecule is Cc1ccc(-c2c(C)sc3nc(C[NH2+][C@H](c4ccccc4)C(C)C)[nH]c(=O)c23)cc1. The molecule has 154 valence electrons. The minimum absolute atomic E-state index is 0.0517. The fourth-order valence-electron chi connectivity index (χ4n) is 4.04. The number of aromatic nitrogens is 2. The Labute approximate surface area is 181 Å². The highest BCUT2D eigenvalue weighted by molar-refractivity contribution is 7.19. The van der Waals surface area contributed by atoms with E-state index in [1.54, 1.807) is 11.3 Å². The van der Waals surface area contributed by atoms with E-state index in [0.717, 1.165) is 26.7 Å². The fourth-order valence-corrected chi connectivity index (χ4v) is 5.10. The van der Waals surface area contributed by atoms with E-state index in [1.165, 1.54) is 11.1 Å². The van der Waals surface area contributed by atoms with Crippen LogP contribution >= 0.6 is 11.3 Å². The summed E-state index contributed by atoms with van der Waals surface area (Å²) in [6, 6.07) is 19.2. The maximum absolute atomic E-state index is 13.0. The highest BCUT2D eigenvalue weighted by Gasteiger charge is 2.21. The number of thiophene rings is 1. The Morgan fingerprint density at radius 2 is 1.73 bits per heavy atom. The Morgan fingerprint density at radius 1 is 1.03 bits per heavy atom. The summed E-state index contributed by atoms with van der Waals surface area (Å²) in [6.07, 6.45) is 0. The molecule has 4 rings (SSSR count). The van der Waals surface area contributed by atoms with Gasteiger partial charge in [-0.2, -0.15) is 0 Å². The van der Waals surface area contributed by atoms with Crippen LogP contribution in [-0.4, -0.2) is 9.97 Å². The Kier molecular flexibility index (Phi) is 5.84. The number of nitrogens with one attached hydrogen (secondary N) is 1. The molecule has 0 aliphatic rings. The molecule has 2 aromatic carbocycles. The Morgan fingerprint density at radius 3 is 2.40 bits per heavy atom. The van der Waals surface area contributed by atoms with Gasteiger partial charge in [0.15, 0.2) is 5.82 Å². The number of aryl methyl sites for hydroxylation is 2. The first-order chi connectivity index (χ1) is 14.4. The van der Waals surface area contributed by atoms with Crippen molar-refractivity contribution in [3.8, 4) is 11.1 Å². The van der Waals surface area contributed by atoms with E-state index >= 15 is 0 Å². The molecule has 4 nitrogen and oxygen atoms in total. The molecular weight excluding hydrogens is 390 g/mol. The summed E-state index contributed by atoms with van der Waals surface area (Å²) in [5.74, 6) is 1.20. The number of fused-ring (bicyclic) bond motifs is 1. The summed E-state index contributed by atoms with van der Waals surface area (Å²) in [4.78, 5) is 22.8. The standard InChI is InChI=1S/C25H27N3OS/c1-15(2)23(19-8-6-5-7-9-19)26-14-20-27-24(29)22-21(17(4)30-25(22)28-20)18-12-10-16(3)11-13-18/h5-13,15,23,26H,14H2,1-4H3,(H,27,28,29)/p+1/t23-/m0/s1. The highest BCUT2D eigenvalue weighted by Crippen LogP contribution is 2.35. The third kappa shape index (κ3) is 4.09. The zero-order valence-corrected chi connectivity index (χ0v) is 18.7. The van der Waals surface area contributed by atoms with Crippen LogP contribution in [0.25, 0.3) is 21.3 Å². The van der Waals surface area contributed by atoms with Gasteiger partial charge >= 0.3 is 0 Å². The molecule has 1 atom stereocenters. The van der Waals surface area contributed by atoms with Crippen LogP contribution in [0.2, 0.25) is 0 Å². The number of benzene rings is 2. The molecule has 0 aliphatic heterocycles. The van der Waals surface area contributed by atoms with E-state index in [1.807, 2.05) is 6.07 Å². The summed E-state index contributed by atoms with van der Waals surface area (Å²) in [7, 11) is 0. The molecule has 0 spiro atoms. The summed E-state index contributed by atoms with van der Waals surface area (Å²) < 4.78 is 0. The zero-order chi connectivity index (χ0) is 21.3. The lowest BCUT2D eigenvalue weighted by Gasteiger charge is -2.19. The first kappa shape index (κ1) is 20.5. The number of hydrogen-bond donors (Lipinski definition) is 2. The topological polar surface area (TPSA) is 62.4 Å². The van der Waals surface area contributed by atoms with Crippen molar-refractivity contribution in [2.75, 3.05) is 0 Å². The smallest absolute Gasteiger partial charge is 0.260 e. The van der Waals surface area contributed by atoms with Crippen molar-refractivity contribution in [3.63, 3.8) is 0 Å². The van der Waals surface area contributed by atoms with Crippen LogP contribution < -0.4 is 10.9 Å². The van der Waals surface area contributed by atoms with Gasteiger partial charge in [0.2, 0.25) is 0 Å². The van der Waals surface area contributed by atoms with E-state index in [9.17, 15) is 4.79 Å². The number of H-pyrrole nitrogens is 1. The van der Waals surface area contributed by atoms with Gasteiger partial charge in [0.25, 0.3) is 5.56 Å². The van der Waals surface area contributed by atoms with Gasteiger partial charge in [-0.3, -0.25) is 4.79 Å². The molecule has 3 N–H and O–H groups in total. The van der Waals surface area contributed by atoms with E-state index < -0.39 is 0 Å². The summed E-state index contributed by atoms with van der Waals surface area (Å²) in [5, 5.41) is 2.97. The van der Waals surface area contributed by atoms with Crippen molar-refractivity contribution < 1.29 is 5.32 Å². The van der Waals surface area contributed by atoms with Crippen molar-refractivity contribution in [1.29, 1.82) is 0 Å². The molecule has 4 aromatic rings. The minimum atomic E-state index is -0.0517. The Balaban J connectivity index is 1.65. The van der Waals surface area contributed by atoms with Crippen molar-refractivity contribution in [2.45, 2.75) is 40.3 Å². The largest absolute Gasteiger partial charge is 0.334 e. The molecule has 0 unspecified atom stereocenters. The number of nitrogens with two attached hydrogens (primary N) is 1. The van der Waals surface area contributed by atoms with Crippen LogP contribution in [0.4, 0.5) is 0 Å². The van der Waals surface area contributed by atoms with Gasteiger partial charge in [0, 0.05) is 21.9 Å². The predicted octanol–water partition coefficient (Wildman–Crippen LogP) is 4.73. The summed E-state index contributed by atoms with van der Waals surface area (Å²) in [5.41, 5.74) is 4.52. The summed E-state index contributed by atoms with van der Waals surface area (Å²) >= 11 is 1.60. The number of quaternary nitrogens is 1. The zero-order valence-electron chi connectivity index (χ0n) is 17.9. The molecule has 5 heteroatoms. The number of nitrogens with zero attached hydrogens (tertiary/aromatic N) is 1. The van der Waals surface area contributed by atoms with Crippen molar-refractivity contribution in [3.05, 3.63) is 86.8 Å². The number of rotatable bonds is 6. The molecule has 0 bridgehead atoms. The third-order valence-electron chi connectivity index (χ3n) is 5.60. The van der Waals surface area contributed by atoms with Gasteiger partial charge in [-0.05, 0) is 19.4 Å². The van der Waals surface area contributed by atoms with E-state index in [-0.39, 0.29) is 5.56 Å². The van der Waals surface area contributed by atoms with Gasteiger partial charge in [0.05, 0.1) is 5.39 Å². The maximum atomic E-state index is 13.0. The van der Waals surface area contributed by atoms with Gasteiger partial charge in [-0.25, -0.2) is 4.98 Å². The number of hydrogen-bond acceptors (Lipinski definition) is 3. The van der Waals surface area contributed by atoms with Crippen LogP contribution in [0, 0.1) is 19.8 Å². The molecule has 0 amide bonds. The molecule has 0 aliphatic carbocycles. The first-order valence-electron chi connectivity index (χ1n) is 10.4. The van der Waals surface area contributed by atoms with Gasteiger partial charge in [-0.1, -0.05) is 74.0 Å². The molecule has 0 radical (unpaired) electrons. The van der Waals surface area contributed by atoms with Crippen molar-refractivity contribution in [1.82, 2.24) is 9.97 Å². The van der Waals surface area contributed by atoms with E-state index in [0.29, 0.717) is 23.9 Å². The minimum Gasteiger partial charge on any atom is -0.334 e. The van der Waals surface area contributed by atoms with Gasteiger partial charge in [-0.15, -0.1) is 11.3 Å². The molecule has 0 saturated heterocycles. The van der Waals surface area contributed by atoms with Crippen LogP contribution in [-0.2, 0) is 6.54 Å². The Hall–Kier alpha value is -2.76. The van der Waals surface area contributed by atoms with Gasteiger partial charge in [0.1, 0.15) is 17.4 Å². The average molecular weight is 419 g/mol. The predicted molar refractivity (Wildman–Crippen MR) is 125 cm³/mol. The van der Waals surface area contributed by atoms with Gasteiger partial charge < -0.3 is 10.3 Å². The Bertz CT molecular complexity index is 1210. The second-order valence-electron chi connectivity index (χ2n) is 8.21. The highest BCUT2D eigenvalue weighted by atomic mass is 32.1. The molecule has 2 aromatic heterocycles. The van der Waals surface area contributed by atoms with Crippen LogP contribution in [0.1, 0.15) is 41.7 Å². The van der Waals surface area contributed by atoms with Crippen LogP contribution in [0.3, 0.4) is 0 Å². The molecule has 0 fully saturated rings. The first-order valence-corrected chi connectivity index (χ1v) is 11.2. The maximum Gasteiger partial charge on any atom is 0.260 e. The third-order valence-corrected chi connectivity index (χ3v) is 6.59.